The minimum absolute atomic E-state index is 0.317. The molecule has 1 aromatic carbocycles. The number of hydrogen-bond donors (Lipinski definition) is 1. The van der Waals surface area contributed by atoms with E-state index >= 15 is 0 Å². The van der Waals surface area contributed by atoms with Gasteiger partial charge in [0.1, 0.15) is 0 Å². The lowest BCUT2D eigenvalue weighted by Gasteiger charge is -2.23. The van der Waals surface area contributed by atoms with Crippen molar-refractivity contribution in [2.24, 2.45) is 5.92 Å². The molecule has 0 fully saturated rings. The summed E-state index contributed by atoms with van der Waals surface area (Å²) in [5.74, 6) is -0.776. The van der Waals surface area contributed by atoms with Crippen molar-refractivity contribution < 1.29 is 13.2 Å². The number of nitrogens with zero attached hydrogens (tertiary/aromatic N) is 1. The van der Waals surface area contributed by atoms with Gasteiger partial charge in [-0.15, -0.1) is 0 Å². The molecule has 18 heavy (non-hydrogen) atoms. The van der Waals surface area contributed by atoms with Crippen LogP contribution in [0.1, 0.15) is 20.3 Å². The molecule has 2 N–H and O–H groups in total. The van der Waals surface area contributed by atoms with Crippen LogP contribution < -0.4 is 10.0 Å². The number of amides is 1. The van der Waals surface area contributed by atoms with Crippen molar-refractivity contribution in [1.82, 2.24) is 0 Å². The smallest absolute Gasteiger partial charge is 0.243 e. The van der Waals surface area contributed by atoms with Crippen LogP contribution in [0, 0.1) is 5.92 Å². The van der Waals surface area contributed by atoms with Gasteiger partial charge in [0.05, 0.1) is 11.9 Å². The highest BCUT2D eigenvalue weighted by molar-refractivity contribution is 7.92. The van der Waals surface area contributed by atoms with Crippen molar-refractivity contribution in [2.75, 3.05) is 16.3 Å². The molecule has 1 aromatic rings. The summed E-state index contributed by atoms with van der Waals surface area (Å²) < 4.78 is 24.3. The SMILES string of the molecule is CCC(C)C(=O)N(c1ccc(N)cc1)S(C)(=O)=O. The van der Waals surface area contributed by atoms with Gasteiger partial charge in [0, 0.05) is 11.6 Å². The third-order valence-electron chi connectivity index (χ3n) is 2.69. The largest absolute Gasteiger partial charge is 0.399 e. The number of benzene rings is 1. The fourth-order valence-electron chi connectivity index (χ4n) is 1.47. The van der Waals surface area contributed by atoms with Gasteiger partial charge in [0.25, 0.3) is 0 Å². The predicted molar refractivity (Wildman–Crippen MR) is 72.6 cm³/mol. The highest BCUT2D eigenvalue weighted by Crippen LogP contribution is 2.22. The number of rotatable bonds is 4. The summed E-state index contributed by atoms with van der Waals surface area (Å²) in [6.07, 6.45) is 1.60. The second-order valence-corrected chi connectivity index (χ2v) is 6.10. The van der Waals surface area contributed by atoms with Gasteiger partial charge in [0.15, 0.2) is 0 Å². The zero-order chi connectivity index (χ0) is 13.9. The Morgan fingerprint density at radius 3 is 2.22 bits per heavy atom. The van der Waals surface area contributed by atoms with Gasteiger partial charge in [-0.3, -0.25) is 4.79 Å². The van der Waals surface area contributed by atoms with Crippen molar-refractivity contribution in [3.8, 4) is 0 Å². The molecule has 0 bridgehead atoms. The molecule has 6 heteroatoms. The maximum Gasteiger partial charge on any atom is 0.243 e. The average Bonchev–Trinajstić information content (AvgIpc) is 2.29. The summed E-state index contributed by atoms with van der Waals surface area (Å²) in [6, 6.07) is 6.18. The Morgan fingerprint density at radius 1 is 1.33 bits per heavy atom. The first-order chi connectivity index (χ1) is 8.27. The van der Waals surface area contributed by atoms with Crippen LogP contribution in [0.25, 0.3) is 0 Å². The van der Waals surface area contributed by atoms with E-state index in [1.54, 1.807) is 19.1 Å². The third kappa shape index (κ3) is 3.22. The van der Waals surface area contributed by atoms with E-state index < -0.39 is 15.9 Å². The van der Waals surface area contributed by atoms with Crippen LogP contribution in [0.4, 0.5) is 11.4 Å². The first kappa shape index (κ1) is 14.5. The Labute approximate surface area is 108 Å². The van der Waals surface area contributed by atoms with Gasteiger partial charge in [0.2, 0.25) is 15.9 Å². The number of nitrogens with two attached hydrogens (primary N) is 1. The molecule has 100 valence electrons. The first-order valence-corrected chi connectivity index (χ1v) is 7.52. The highest BCUT2D eigenvalue weighted by Gasteiger charge is 2.28. The zero-order valence-corrected chi connectivity index (χ0v) is 11.6. The van der Waals surface area contributed by atoms with Gasteiger partial charge in [-0.25, -0.2) is 12.7 Å². The van der Waals surface area contributed by atoms with Crippen LogP contribution >= 0.6 is 0 Å². The Balaban J connectivity index is 3.23. The lowest BCUT2D eigenvalue weighted by atomic mass is 10.1. The molecule has 1 atom stereocenters. The van der Waals surface area contributed by atoms with E-state index in [-0.39, 0.29) is 5.92 Å². The number of carbonyl (C=O) groups excluding carboxylic acids is 1. The zero-order valence-electron chi connectivity index (χ0n) is 10.8. The minimum atomic E-state index is -3.64. The molecular weight excluding hydrogens is 252 g/mol. The molecular formula is C12H18N2O3S. The number of carbonyl (C=O) groups is 1. The maximum atomic E-state index is 12.1. The summed E-state index contributed by atoms with van der Waals surface area (Å²) in [5.41, 5.74) is 6.38. The monoisotopic (exact) mass is 270 g/mol. The predicted octanol–water partition coefficient (Wildman–Crippen LogP) is 1.61. The molecule has 0 aromatic heterocycles. The van der Waals surface area contributed by atoms with E-state index in [9.17, 15) is 13.2 Å². The molecule has 1 unspecified atom stereocenters. The second-order valence-electron chi connectivity index (χ2n) is 4.27. The molecule has 0 saturated carbocycles. The topological polar surface area (TPSA) is 80.5 Å². The van der Waals surface area contributed by atoms with Gasteiger partial charge in [-0.2, -0.15) is 0 Å². The summed E-state index contributed by atoms with van der Waals surface area (Å²) in [5, 5.41) is 0. The normalized spacial score (nSPS) is 13.1. The molecule has 0 spiro atoms. The van der Waals surface area contributed by atoms with Gasteiger partial charge in [-0.1, -0.05) is 13.8 Å². The molecule has 0 aliphatic heterocycles. The lowest BCUT2D eigenvalue weighted by molar-refractivity contribution is -0.120. The molecule has 1 rings (SSSR count). The van der Waals surface area contributed by atoms with E-state index in [0.29, 0.717) is 17.8 Å². The maximum absolute atomic E-state index is 12.1. The number of anilines is 2. The quantitative estimate of drug-likeness (QED) is 0.843. The van der Waals surface area contributed by atoms with Crippen LogP contribution in [0.3, 0.4) is 0 Å². The fraction of sp³-hybridized carbons (Fsp3) is 0.417. The summed E-state index contributed by atoms with van der Waals surface area (Å²) in [7, 11) is -3.64. The van der Waals surface area contributed by atoms with Gasteiger partial charge < -0.3 is 5.73 Å². The van der Waals surface area contributed by atoms with Crippen LogP contribution in [0.2, 0.25) is 0 Å². The molecule has 0 heterocycles. The summed E-state index contributed by atoms with van der Waals surface area (Å²) >= 11 is 0. The molecule has 1 amide bonds. The second kappa shape index (κ2) is 5.39. The standard InChI is InChI=1S/C12H18N2O3S/c1-4-9(2)12(15)14(18(3,16)17)11-7-5-10(13)6-8-11/h5-9H,4,13H2,1-3H3. The van der Waals surface area contributed by atoms with Gasteiger partial charge >= 0.3 is 0 Å². The van der Waals surface area contributed by atoms with Gasteiger partial charge in [-0.05, 0) is 30.7 Å². The summed E-state index contributed by atoms with van der Waals surface area (Å²) in [6.45, 7) is 3.55. The van der Waals surface area contributed by atoms with Crippen molar-refractivity contribution in [3.05, 3.63) is 24.3 Å². The Morgan fingerprint density at radius 2 is 1.83 bits per heavy atom. The van der Waals surface area contributed by atoms with E-state index in [4.69, 9.17) is 5.73 Å². The first-order valence-electron chi connectivity index (χ1n) is 5.67. The van der Waals surface area contributed by atoms with Crippen LogP contribution in [0.15, 0.2) is 24.3 Å². The van der Waals surface area contributed by atoms with Crippen molar-refractivity contribution in [2.45, 2.75) is 20.3 Å². The molecule has 0 aliphatic rings. The van der Waals surface area contributed by atoms with Crippen LogP contribution in [-0.2, 0) is 14.8 Å². The number of sulfonamides is 1. The van der Waals surface area contributed by atoms with Crippen molar-refractivity contribution in [1.29, 1.82) is 0 Å². The van der Waals surface area contributed by atoms with Crippen LogP contribution in [0.5, 0.6) is 0 Å². The Kier molecular flexibility index (Phi) is 4.34. The lowest BCUT2D eigenvalue weighted by Crippen LogP contribution is -2.39. The minimum Gasteiger partial charge on any atom is -0.399 e. The molecule has 0 saturated heterocycles. The molecule has 0 radical (unpaired) electrons. The Hall–Kier alpha value is -1.56. The van der Waals surface area contributed by atoms with Crippen LogP contribution in [-0.4, -0.2) is 20.6 Å². The summed E-state index contributed by atoms with van der Waals surface area (Å²) in [4.78, 5) is 12.1. The van der Waals surface area contributed by atoms with E-state index in [1.807, 2.05) is 6.92 Å². The van der Waals surface area contributed by atoms with Crippen molar-refractivity contribution in [3.63, 3.8) is 0 Å². The molecule has 0 aliphatic carbocycles. The number of hydrogen-bond acceptors (Lipinski definition) is 4. The van der Waals surface area contributed by atoms with Crippen molar-refractivity contribution >= 4 is 27.3 Å². The Bertz CT molecular complexity index is 523. The van der Waals surface area contributed by atoms with E-state index in [2.05, 4.69) is 0 Å². The van der Waals surface area contributed by atoms with E-state index in [0.717, 1.165) is 10.6 Å². The molecule has 5 nitrogen and oxygen atoms in total. The van der Waals surface area contributed by atoms with E-state index in [1.165, 1.54) is 12.1 Å². The highest BCUT2D eigenvalue weighted by atomic mass is 32.2. The fourth-order valence-corrected chi connectivity index (χ4v) is 2.48. The average molecular weight is 270 g/mol. The third-order valence-corrected chi connectivity index (χ3v) is 3.75. The number of nitrogen functional groups attached to an aromatic ring is 1.